The van der Waals surface area contributed by atoms with Crippen LogP contribution in [0.5, 0.6) is 0 Å². The fourth-order valence-corrected chi connectivity index (χ4v) is 3.50. The molecule has 1 fully saturated rings. The summed E-state index contributed by atoms with van der Waals surface area (Å²) in [4.78, 5) is 8.96. The summed E-state index contributed by atoms with van der Waals surface area (Å²) in [6, 6.07) is 0. The molecule has 0 amide bonds. The third-order valence-corrected chi connectivity index (χ3v) is 5.15. The van der Waals surface area contributed by atoms with Crippen molar-refractivity contribution in [1.29, 1.82) is 0 Å². The van der Waals surface area contributed by atoms with Crippen molar-refractivity contribution in [2.45, 2.75) is 25.9 Å². The van der Waals surface area contributed by atoms with Crippen molar-refractivity contribution in [3.8, 4) is 0 Å². The van der Waals surface area contributed by atoms with Crippen LogP contribution in [0.2, 0.25) is 5.15 Å². The molecule has 3 nitrogen and oxygen atoms in total. The zero-order valence-electron chi connectivity index (χ0n) is 9.74. The number of hydrogen-bond acceptors (Lipinski definition) is 4. The summed E-state index contributed by atoms with van der Waals surface area (Å²) in [5, 5.41) is 0.540. The number of rotatable bonds is 2. The standard InChI is InChI=1S/C11H14ClIN2OS/c1-6(2)9-8(13)10(12)15-11(14-9)7-5-17-4-3-16-7/h6-7H,3-5H2,1-2H3. The van der Waals surface area contributed by atoms with Crippen molar-refractivity contribution < 1.29 is 4.74 Å². The zero-order chi connectivity index (χ0) is 12.4. The fourth-order valence-electron chi connectivity index (χ4n) is 1.62. The van der Waals surface area contributed by atoms with E-state index in [1.165, 1.54) is 0 Å². The van der Waals surface area contributed by atoms with Crippen LogP contribution in [0.4, 0.5) is 0 Å². The summed E-state index contributed by atoms with van der Waals surface area (Å²) < 4.78 is 6.64. The Morgan fingerprint density at radius 1 is 1.47 bits per heavy atom. The monoisotopic (exact) mass is 384 g/mol. The van der Waals surface area contributed by atoms with Gasteiger partial charge in [-0.3, -0.25) is 0 Å². The van der Waals surface area contributed by atoms with Crippen molar-refractivity contribution in [1.82, 2.24) is 9.97 Å². The van der Waals surface area contributed by atoms with E-state index >= 15 is 0 Å². The first-order valence-corrected chi connectivity index (χ1v) is 8.13. The molecule has 0 radical (unpaired) electrons. The minimum Gasteiger partial charge on any atom is -0.368 e. The second kappa shape index (κ2) is 6.04. The smallest absolute Gasteiger partial charge is 0.160 e. The van der Waals surface area contributed by atoms with Crippen LogP contribution in [0.25, 0.3) is 0 Å². The topological polar surface area (TPSA) is 35.0 Å². The van der Waals surface area contributed by atoms with E-state index in [1.54, 1.807) is 0 Å². The number of halogens is 2. The van der Waals surface area contributed by atoms with Gasteiger partial charge in [0.25, 0.3) is 0 Å². The third-order valence-electron chi connectivity index (χ3n) is 2.50. The normalized spacial score (nSPS) is 20.9. The molecular formula is C11H14ClIN2OS. The summed E-state index contributed by atoms with van der Waals surface area (Å²) in [5.74, 6) is 3.03. The van der Waals surface area contributed by atoms with Crippen LogP contribution in [0.15, 0.2) is 0 Å². The maximum absolute atomic E-state index is 6.16. The van der Waals surface area contributed by atoms with E-state index in [1.807, 2.05) is 11.8 Å². The van der Waals surface area contributed by atoms with Gasteiger partial charge in [0.05, 0.1) is 15.9 Å². The molecule has 1 aliphatic rings. The van der Waals surface area contributed by atoms with Gasteiger partial charge in [-0.25, -0.2) is 9.97 Å². The van der Waals surface area contributed by atoms with Crippen LogP contribution < -0.4 is 0 Å². The Bertz CT molecular complexity index is 411. The molecule has 94 valence electrons. The van der Waals surface area contributed by atoms with E-state index in [0.29, 0.717) is 11.1 Å². The number of thioether (sulfide) groups is 1. The van der Waals surface area contributed by atoms with Gasteiger partial charge in [-0.15, -0.1) is 0 Å². The Balaban J connectivity index is 2.34. The van der Waals surface area contributed by atoms with Gasteiger partial charge < -0.3 is 4.74 Å². The molecule has 1 aromatic rings. The third kappa shape index (κ3) is 3.24. The number of hydrogen-bond donors (Lipinski definition) is 0. The lowest BCUT2D eigenvalue weighted by Crippen LogP contribution is -2.19. The van der Waals surface area contributed by atoms with Gasteiger partial charge in [0.1, 0.15) is 11.3 Å². The first-order chi connectivity index (χ1) is 8.09. The molecule has 1 atom stereocenters. The van der Waals surface area contributed by atoms with Crippen LogP contribution >= 0.6 is 46.0 Å². The van der Waals surface area contributed by atoms with Crippen LogP contribution in [0.3, 0.4) is 0 Å². The molecule has 2 heterocycles. The van der Waals surface area contributed by atoms with E-state index in [4.69, 9.17) is 16.3 Å². The molecule has 0 aliphatic carbocycles. The Morgan fingerprint density at radius 3 is 2.82 bits per heavy atom. The number of ether oxygens (including phenoxy) is 1. The molecule has 0 bridgehead atoms. The van der Waals surface area contributed by atoms with Crippen molar-refractivity contribution in [3.05, 3.63) is 20.2 Å². The molecule has 17 heavy (non-hydrogen) atoms. The molecule has 0 spiro atoms. The van der Waals surface area contributed by atoms with Crippen molar-refractivity contribution in [2.75, 3.05) is 18.1 Å². The molecule has 0 N–H and O–H groups in total. The molecule has 6 heteroatoms. The zero-order valence-corrected chi connectivity index (χ0v) is 13.5. The van der Waals surface area contributed by atoms with Gasteiger partial charge in [0, 0.05) is 11.5 Å². The molecule has 2 rings (SSSR count). The van der Waals surface area contributed by atoms with Crippen LogP contribution in [0.1, 0.15) is 37.4 Å². The highest BCUT2D eigenvalue weighted by Crippen LogP contribution is 2.30. The second-order valence-corrected chi connectivity index (χ2v) is 6.75. The maximum atomic E-state index is 6.16. The highest BCUT2D eigenvalue weighted by atomic mass is 127. The lowest BCUT2D eigenvalue weighted by Gasteiger charge is -2.22. The van der Waals surface area contributed by atoms with Crippen LogP contribution in [-0.4, -0.2) is 28.1 Å². The van der Waals surface area contributed by atoms with Crippen molar-refractivity contribution in [3.63, 3.8) is 0 Å². The van der Waals surface area contributed by atoms with Gasteiger partial charge in [0.15, 0.2) is 5.82 Å². The van der Waals surface area contributed by atoms with E-state index < -0.39 is 0 Å². The molecular weight excluding hydrogens is 371 g/mol. The molecule has 1 saturated heterocycles. The lowest BCUT2D eigenvalue weighted by molar-refractivity contribution is 0.0692. The second-order valence-electron chi connectivity index (χ2n) is 4.16. The first kappa shape index (κ1) is 13.8. The Labute approximate surface area is 124 Å². The number of aromatic nitrogens is 2. The Hall–Kier alpha value is 0.410. The summed E-state index contributed by atoms with van der Waals surface area (Å²) >= 11 is 10.2. The summed E-state index contributed by atoms with van der Waals surface area (Å²) in [5.41, 5.74) is 1.01. The van der Waals surface area contributed by atoms with Gasteiger partial charge in [-0.2, -0.15) is 11.8 Å². The van der Waals surface area contributed by atoms with Gasteiger partial charge in [-0.1, -0.05) is 25.4 Å². The molecule has 0 saturated carbocycles. The Kier molecular flexibility index (Phi) is 4.91. The molecule has 1 unspecified atom stereocenters. The maximum Gasteiger partial charge on any atom is 0.160 e. The van der Waals surface area contributed by atoms with Crippen molar-refractivity contribution in [2.24, 2.45) is 0 Å². The predicted molar refractivity (Wildman–Crippen MR) is 79.9 cm³/mol. The highest BCUT2D eigenvalue weighted by Gasteiger charge is 2.22. The van der Waals surface area contributed by atoms with Crippen LogP contribution in [0, 0.1) is 3.57 Å². The molecule has 1 aromatic heterocycles. The van der Waals surface area contributed by atoms with E-state index in [-0.39, 0.29) is 6.10 Å². The minimum atomic E-state index is -0.0132. The van der Waals surface area contributed by atoms with E-state index in [9.17, 15) is 0 Å². The molecule has 1 aliphatic heterocycles. The SMILES string of the molecule is CC(C)c1nc(C2CSCCO2)nc(Cl)c1I. The van der Waals surface area contributed by atoms with Gasteiger partial charge >= 0.3 is 0 Å². The Morgan fingerprint density at radius 2 is 2.24 bits per heavy atom. The lowest BCUT2D eigenvalue weighted by atomic mass is 10.1. The largest absolute Gasteiger partial charge is 0.368 e. The average molecular weight is 385 g/mol. The van der Waals surface area contributed by atoms with Crippen molar-refractivity contribution >= 4 is 46.0 Å². The number of nitrogens with zero attached hydrogens (tertiary/aromatic N) is 2. The van der Waals surface area contributed by atoms with E-state index in [2.05, 4.69) is 46.4 Å². The van der Waals surface area contributed by atoms with E-state index in [0.717, 1.165) is 33.2 Å². The summed E-state index contributed by atoms with van der Waals surface area (Å²) in [6.07, 6.45) is -0.0132. The predicted octanol–water partition coefficient (Wildman–Crippen LogP) is 3.66. The molecule has 0 aromatic carbocycles. The van der Waals surface area contributed by atoms with Gasteiger partial charge in [0.2, 0.25) is 0 Å². The first-order valence-electron chi connectivity index (χ1n) is 5.51. The van der Waals surface area contributed by atoms with Gasteiger partial charge in [-0.05, 0) is 28.5 Å². The fraction of sp³-hybridized carbons (Fsp3) is 0.636. The average Bonchev–Trinajstić information content (AvgIpc) is 2.33. The summed E-state index contributed by atoms with van der Waals surface area (Å²) in [7, 11) is 0. The van der Waals surface area contributed by atoms with Crippen LogP contribution in [-0.2, 0) is 4.74 Å². The highest BCUT2D eigenvalue weighted by molar-refractivity contribution is 14.1. The quantitative estimate of drug-likeness (QED) is 0.576. The minimum absolute atomic E-state index is 0.0132. The summed E-state index contributed by atoms with van der Waals surface area (Å²) in [6.45, 7) is 4.99.